The predicted molar refractivity (Wildman–Crippen MR) is 175 cm³/mol. The Balaban J connectivity index is 1.27. The van der Waals surface area contributed by atoms with Crippen LogP contribution in [0.5, 0.6) is 34.5 Å². The zero-order valence-corrected chi connectivity index (χ0v) is 26.7. The summed E-state index contributed by atoms with van der Waals surface area (Å²) < 4.78 is 29.5. The minimum absolute atomic E-state index is 0.145. The van der Waals surface area contributed by atoms with E-state index in [0.717, 1.165) is 5.56 Å². The van der Waals surface area contributed by atoms with Gasteiger partial charge in [0, 0.05) is 50.4 Å². The summed E-state index contributed by atoms with van der Waals surface area (Å²) in [7, 11) is 3.03. The molecule has 12 heteroatoms. The molecular formula is C36H36N4O8. The monoisotopic (exact) mass is 652 g/mol. The van der Waals surface area contributed by atoms with Crippen molar-refractivity contribution in [3.63, 3.8) is 0 Å². The molecule has 3 amide bonds. The molecule has 3 aromatic carbocycles. The van der Waals surface area contributed by atoms with E-state index < -0.39 is 5.60 Å². The number of carbonyl (C=O) groups excluding carboxylic acids is 3. The lowest BCUT2D eigenvalue weighted by Gasteiger charge is -2.40. The first-order valence-corrected chi connectivity index (χ1v) is 15.6. The van der Waals surface area contributed by atoms with E-state index in [1.165, 1.54) is 20.4 Å². The molecule has 8 heterocycles. The van der Waals surface area contributed by atoms with Crippen molar-refractivity contribution in [2.75, 3.05) is 40.5 Å². The molecule has 7 aliphatic heterocycles. The number of hydrogen-bond acceptors (Lipinski definition) is 9. The Morgan fingerprint density at radius 3 is 2.29 bits per heavy atom. The lowest BCUT2D eigenvalue weighted by Crippen LogP contribution is -2.58. The van der Waals surface area contributed by atoms with Gasteiger partial charge in [-0.25, -0.2) is 0 Å². The molecule has 11 rings (SSSR count). The van der Waals surface area contributed by atoms with Crippen LogP contribution in [0.15, 0.2) is 85.2 Å². The molecule has 1 spiro atoms. The van der Waals surface area contributed by atoms with E-state index in [2.05, 4.69) is 15.6 Å². The second kappa shape index (κ2) is 14.3. The van der Waals surface area contributed by atoms with Crippen molar-refractivity contribution in [1.29, 1.82) is 0 Å². The van der Waals surface area contributed by atoms with Crippen molar-refractivity contribution in [1.82, 2.24) is 20.5 Å². The van der Waals surface area contributed by atoms with Gasteiger partial charge in [-0.2, -0.15) is 0 Å². The van der Waals surface area contributed by atoms with Crippen LogP contribution >= 0.6 is 0 Å². The maximum atomic E-state index is 14.0. The smallest absolute Gasteiger partial charge is 0.264 e. The highest BCUT2D eigenvalue weighted by Gasteiger charge is 2.45. The molecule has 48 heavy (non-hydrogen) atoms. The lowest BCUT2D eigenvalue weighted by molar-refractivity contribution is -0.141. The number of aromatic nitrogens is 1. The first-order chi connectivity index (χ1) is 23.4. The number of likely N-dealkylation sites (tertiary alicyclic amines) is 1. The molecule has 0 aliphatic carbocycles. The summed E-state index contributed by atoms with van der Waals surface area (Å²) in [6.45, 7) is 1.32. The van der Waals surface area contributed by atoms with E-state index in [1.54, 1.807) is 77.8 Å². The fourth-order valence-corrected chi connectivity index (χ4v) is 5.64. The van der Waals surface area contributed by atoms with Crippen molar-refractivity contribution in [3.05, 3.63) is 102 Å². The van der Waals surface area contributed by atoms with Crippen LogP contribution in [0.2, 0.25) is 0 Å². The third kappa shape index (κ3) is 7.12. The zero-order chi connectivity index (χ0) is 33.5. The fourth-order valence-electron chi connectivity index (χ4n) is 5.64. The Morgan fingerprint density at radius 2 is 1.58 bits per heavy atom. The maximum Gasteiger partial charge on any atom is 0.264 e. The normalized spacial score (nSPS) is 16.2. The standard InChI is InChI=1S/C36H36N4O8/c1-44-31-20-24-5-11-29(31)47-30-12-6-25(21-32(30)45-2)33(41)38-16-19-46-27-7-9-28(10-8-27)48-36(35(43)39-22-24)13-17-40(18-14-36)34(42)26-4-3-15-37-23-26/h3-12,15,20-21,23H,13-14,16-19,22H2,1-2H3,(H,38,41)(H,39,43). The summed E-state index contributed by atoms with van der Waals surface area (Å²) >= 11 is 0. The van der Waals surface area contributed by atoms with Gasteiger partial charge in [-0.3, -0.25) is 19.4 Å². The Labute approximate surface area is 277 Å². The molecule has 7 aliphatic rings. The predicted octanol–water partition coefficient (Wildman–Crippen LogP) is 4.38. The number of piperidine rings is 1. The van der Waals surface area contributed by atoms with Gasteiger partial charge < -0.3 is 39.2 Å². The van der Waals surface area contributed by atoms with Crippen LogP contribution in [0.1, 0.15) is 39.1 Å². The van der Waals surface area contributed by atoms with Crippen molar-refractivity contribution >= 4 is 17.7 Å². The van der Waals surface area contributed by atoms with Crippen LogP contribution in [0, 0.1) is 0 Å². The van der Waals surface area contributed by atoms with Crippen LogP contribution in [0.4, 0.5) is 0 Å². The molecule has 1 saturated heterocycles. The molecule has 1 aromatic heterocycles. The van der Waals surface area contributed by atoms with Crippen molar-refractivity contribution in [2.24, 2.45) is 0 Å². The number of nitrogens with zero attached hydrogens (tertiary/aromatic N) is 2. The zero-order valence-electron chi connectivity index (χ0n) is 26.7. The summed E-state index contributed by atoms with van der Waals surface area (Å²) in [6, 6.07) is 20.7. The number of benzene rings is 3. The molecular weight excluding hydrogens is 616 g/mol. The van der Waals surface area contributed by atoms with Gasteiger partial charge in [0.05, 0.1) is 26.3 Å². The number of pyridine rings is 1. The molecule has 6 bridgehead atoms. The van der Waals surface area contributed by atoms with Crippen molar-refractivity contribution in [2.45, 2.75) is 25.0 Å². The van der Waals surface area contributed by atoms with E-state index in [0.29, 0.717) is 58.7 Å². The number of hydrogen-bond donors (Lipinski definition) is 2. The van der Waals surface area contributed by atoms with Gasteiger partial charge >= 0.3 is 0 Å². The summed E-state index contributed by atoms with van der Waals surface area (Å²) in [4.78, 5) is 45.7. The van der Waals surface area contributed by atoms with Crippen LogP contribution in [0.3, 0.4) is 0 Å². The highest BCUT2D eigenvalue weighted by Crippen LogP contribution is 2.38. The van der Waals surface area contributed by atoms with Crippen LogP contribution in [-0.2, 0) is 11.3 Å². The highest BCUT2D eigenvalue weighted by molar-refractivity contribution is 5.95. The fraction of sp³-hybridized carbons (Fsp3) is 0.278. The van der Waals surface area contributed by atoms with Crippen LogP contribution < -0.4 is 34.3 Å². The summed E-state index contributed by atoms with van der Waals surface area (Å²) in [6.07, 6.45) is 3.71. The van der Waals surface area contributed by atoms with Gasteiger partial charge in [0.2, 0.25) is 0 Å². The molecule has 1 fully saturated rings. The first kappa shape index (κ1) is 32.2. The van der Waals surface area contributed by atoms with E-state index >= 15 is 0 Å². The van der Waals surface area contributed by atoms with Gasteiger partial charge in [-0.05, 0) is 72.3 Å². The number of carbonyl (C=O) groups is 3. The third-order valence-corrected chi connectivity index (χ3v) is 8.30. The molecule has 0 atom stereocenters. The lowest BCUT2D eigenvalue weighted by atomic mass is 9.89. The van der Waals surface area contributed by atoms with Crippen LogP contribution in [-0.4, -0.2) is 73.7 Å². The third-order valence-electron chi connectivity index (χ3n) is 8.30. The Kier molecular flexibility index (Phi) is 9.60. The molecule has 248 valence electrons. The van der Waals surface area contributed by atoms with E-state index in [4.69, 9.17) is 23.7 Å². The highest BCUT2D eigenvalue weighted by atomic mass is 16.5. The Hall–Kier alpha value is -5.78. The molecule has 2 N–H and O–H groups in total. The number of ether oxygens (including phenoxy) is 5. The topological polar surface area (TPSA) is 138 Å². The largest absolute Gasteiger partial charge is 0.493 e. The van der Waals surface area contributed by atoms with E-state index in [9.17, 15) is 14.4 Å². The van der Waals surface area contributed by atoms with Gasteiger partial charge in [0.15, 0.2) is 28.6 Å². The number of rotatable bonds is 3. The number of methoxy groups -OCH3 is 2. The first-order valence-electron chi connectivity index (χ1n) is 15.6. The van der Waals surface area contributed by atoms with E-state index in [-0.39, 0.29) is 50.3 Å². The Morgan fingerprint density at radius 1 is 0.875 bits per heavy atom. The van der Waals surface area contributed by atoms with Crippen molar-refractivity contribution < 1.29 is 38.1 Å². The second-order valence-corrected chi connectivity index (χ2v) is 11.3. The quantitative estimate of drug-likeness (QED) is 0.330. The average molecular weight is 653 g/mol. The Bertz CT molecular complexity index is 1770. The van der Waals surface area contributed by atoms with Crippen LogP contribution in [0.25, 0.3) is 0 Å². The maximum absolute atomic E-state index is 14.0. The van der Waals surface area contributed by atoms with Gasteiger partial charge in [0.25, 0.3) is 17.7 Å². The average Bonchev–Trinajstić information content (AvgIpc) is 3.13. The number of nitrogens with one attached hydrogen (secondary N) is 2. The van der Waals surface area contributed by atoms with Gasteiger partial charge in [-0.1, -0.05) is 6.07 Å². The number of amides is 3. The minimum Gasteiger partial charge on any atom is -0.493 e. The second-order valence-electron chi connectivity index (χ2n) is 11.3. The van der Waals surface area contributed by atoms with Gasteiger partial charge in [-0.15, -0.1) is 0 Å². The van der Waals surface area contributed by atoms with Gasteiger partial charge in [0.1, 0.15) is 18.1 Å². The SMILES string of the molecule is COc1cc2ccc1Oc1ccc(cc1OC)C(=O)NCCOc1ccc(cc1)OC1(CCN(C(=O)c3cccnc3)CC1)C(=O)NC2. The minimum atomic E-state index is -1.23. The molecule has 4 aromatic rings. The summed E-state index contributed by atoms with van der Waals surface area (Å²) in [5.41, 5.74) is 0.427. The summed E-state index contributed by atoms with van der Waals surface area (Å²) in [5, 5.41) is 5.89. The summed E-state index contributed by atoms with van der Waals surface area (Å²) in [5.74, 6) is 1.96. The molecule has 0 saturated carbocycles. The molecule has 0 unspecified atom stereocenters. The molecule has 12 nitrogen and oxygen atoms in total. The van der Waals surface area contributed by atoms with Crippen molar-refractivity contribution in [3.8, 4) is 34.5 Å². The molecule has 0 radical (unpaired) electrons. The van der Waals surface area contributed by atoms with E-state index in [1.807, 2.05) is 6.07 Å².